The van der Waals surface area contributed by atoms with Crippen LogP contribution < -0.4 is 5.73 Å². The average molecular weight is 312 g/mol. The number of sulfonamides is 1. The highest BCUT2D eigenvalue weighted by Gasteiger charge is 2.27. The molecule has 0 heterocycles. The topological polar surface area (TPSA) is 130 Å². The van der Waals surface area contributed by atoms with Crippen molar-refractivity contribution in [2.24, 2.45) is 5.92 Å². The van der Waals surface area contributed by atoms with Gasteiger partial charge >= 0.3 is 0 Å². The standard InChI is InChI=1S/C12H16N4O4S/c1-3-15(8-9(2)7-13)21(19,20)12-5-4-10(16(17)18)6-11(12)14/h4-6,9H,3,8,14H2,1-2H3. The number of hydrogen-bond donors (Lipinski definition) is 1. The van der Waals surface area contributed by atoms with Crippen molar-refractivity contribution in [3.8, 4) is 6.07 Å². The van der Waals surface area contributed by atoms with Crippen molar-refractivity contribution < 1.29 is 13.3 Å². The second-order valence-electron chi connectivity index (χ2n) is 4.47. The van der Waals surface area contributed by atoms with Crippen LogP contribution in [0.5, 0.6) is 0 Å². The molecule has 0 amide bonds. The van der Waals surface area contributed by atoms with Gasteiger partial charge in [0.05, 0.1) is 22.6 Å². The first-order valence-corrected chi connectivity index (χ1v) is 7.61. The van der Waals surface area contributed by atoms with E-state index >= 15 is 0 Å². The lowest BCUT2D eigenvalue weighted by Crippen LogP contribution is -2.34. The van der Waals surface area contributed by atoms with E-state index in [1.807, 2.05) is 6.07 Å². The lowest BCUT2D eigenvalue weighted by Gasteiger charge is -2.22. The van der Waals surface area contributed by atoms with E-state index in [2.05, 4.69) is 0 Å². The first-order chi connectivity index (χ1) is 9.73. The molecule has 1 aromatic carbocycles. The lowest BCUT2D eigenvalue weighted by molar-refractivity contribution is -0.384. The number of nitrogen functional groups attached to an aromatic ring is 1. The summed E-state index contributed by atoms with van der Waals surface area (Å²) in [6, 6.07) is 5.18. The van der Waals surface area contributed by atoms with Gasteiger partial charge in [0.15, 0.2) is 0 Å². The molecular formula is C12H16N4O4S. The minimum Gasteiger partial charge on any atom is -0.397 e. The molecule has 0 bridgehead atoms. The molecule has 0 aliphatic carbocycles. The Labute approximate surface area is 123 Å². The summed E-state index contributed by atoms with van der Waals surface area (Å²) < 4.78 is 26.1. The zero-order valence-corrected chi connectivity index (χ0v) is 12.5. The van der Waals surface area contributed by atoms with E-state index in [1.165, 1.54) is 0 Å². The molecule has 1 rings (SSSR count). The summed E-state index contributed by atoms with van der Waals surface area (Å²) in [5.41, 5.74) is 5.16. The molecule has 0 saturated heterocycles. The highest BCUT2D eigenvalue weighted by atomic mass is 32.2. The first-order valence-electron chi connectivity index (χ1n) is 6.17. The van der Waals surface area contributed by atoms with Gasteiger partial charge in [0.2, 0.25) is 10.0 Å². The molecule has 114 valence electrons. The maximum atomic E-state index is 12.5. The number of nitrogens with zero attached hydrogens (tertiary/aromatic N) is 3. The van der Waals surface area contributed by atoms with Crippen molar-refractivity contribution in [2.45, 2.75) is 18.7 Å². The summed E-state index contributed by atoms with van der Waals surface area (Å²) in [5, 5.41) is 19.4. The van der Waals surface area contributed by atoms with Crippen molar-refractivity contribution in [2.75, 3.05) is 18.8 Å². The summed E-state index contributed by atoms with van der Waals surface area (Å²) >= 11 is 0. The van der Waals surface area contributed by atoms with E-state index in [0.717, 1.165) is 22.5 Å². The Morgan fingerprint density at radius 3 is 2.57 bits per heavy atom. The van der Waals surface area contributed by atoms with Gasteiger partial charge in [0.25, 0.3) is 5.69 Å². The SMILES string of the molecule is CCN(CC(C)C#N)S(=O)(=O)c1ccc([N+](=O)[O-])cc1N. The Morgan fingerprint density at radius 1 is 1.52 bits per heavy atom. The quantitative estimate of drug-likeness (QED) is 0.479. The molecule has 0 saturated carbocycles. The van der Waals surface area contributed by atoms with Crippen molar-refractivity contribution >= 4 is 21.4 Å². The second kappa shape index (κ2) is 6.51. The summed E-state index contributed by atoms with van der Waals surface area (Å²) in [7, 11) is -3.89. The van der Waals surface area contributed by atoms with E-state index in [-0.39, 0.29) is 29.4 Å². The lowest BCUT2D eigenvalue weighted by atomic mass is 10.2. The second-order valence-corrected chi connectivity index (χ2v) is 6.37. The first kappa shape index (κ1) is 16.9. The van der Waals surface area contributed by atoms with E-state index < -0.39 is 20.9 Å². The van der Waals surface area contributed by atoms with E-state index in [9.17, 15) is 18.5 Å². The molecule has 2 N–H and O–H groups in total. The van der Waals surface area contributed by atoms with Gasteiger partial charge in [-0.25, -0.2) is 8.42 Å². The van der Waals surface area contributed by atoms with Crippen molar-refractivity contribution in [3.63, 3.8) is 0 Å². The monoisotopic (exact) mass is 312 g/mol. The summed E-state index contributed by atoms with van der Waals surface area (Å²) in [4.78, 5) is 9.80. The van der Waals surface area contributed by atoms with Crippen LogP contribution in [0.15, 0.2) is 23.1 Å². The van der Waals surface area contributed by atoms with Crippen LogP contribution in [0.1, 0.15) is 13.8 Å². The average Bonchev–Trinajstić information content (AvgIpc) is 2.43. The number of nitriles is 1. The number of hydrogen-bond acceptors (Lipinski definition) is 6. The fraction of sp³-hybridized carbons (Fsp3) is 0.417. The zero-order chi connectivity index (χ0) is 16.2. The van der Waals surface area contributed by atoms with Crippen LogP contribution in [0, 0.1) is 27.4 Å². The fourth-order valence-electron chi connectivity index (χ4n) is 1.77. The number of nitro benzene ring substituents is 1. The Balaban J connectivity index is 3.23. The number of non-ortho nitro benzene ring substituents is 1. The van der Waals surface area contributed by atoms with Gasteiger partial charge in [0, 0.05) is 25.2 Å². The van der Waals surface area contributed by atoms with E-state index in [4.69, 9.17) is 11.0 Å². The Bertz CT molecular complexity index is 681. The van der Waals surface area contributed by atoms with Gasteiger partial charge in [-0.3, -0.25) is 10.1 Å². The molecule has 1 atom stereocenters. The third-order valence-corrected chi connectivity index (χ3v) is 4.89. The third-order valence-electron chi connectivity index (χ3n) is 2.87. The molecule has 0 aliphatic rings. The molecule has 0 radical (unpaired) electrons. The van der Waals surface area contributed by atoms with Crippen LogP contribution in [0.2, 0.25) is 0 Å². The van der Waals surface area contributed by atoms with Gasteiger partial charge in [-0.05, 0) is 13.0 Å². The van der Waals surface area contributed by atoms with Crippen LogP contribution in [0.3, 0.4) is 0 Å². The van der Waals surface area contributed by atoms with Crippen molar-refractivity contribution in [1.82, 2.24) is 4.31 Å². The molecule has 9 heteroatoms. The highest BCUT2D eigenvalue weighted by Crippen LogP contribution is 2.26. The van der Waals surface area contributed by atoms with Crippen LogP contribution in [-0.4, -0.2) is 30.7 Å². The Morgan fingerprint density at radius 2 is 2.14 bits per heavy atom. The number of nitrogens with two attached hydrogens (primary N) is 1. The molecular weight excluding hydrogens is 296 g/mol. The highest BCUT2D eigenvalue weighted by molar-refractivity contribution is 7.89. The Hall–Kier alpha value is -2.18. The molecule has 0 spiro atoms. The molecule has 0 fully saturated rings. The predicted octanol–water partition coefficient (Wildman–Crippen LogP) is 1.35. The number of anilines is 1. The van der Waals surface area contributed by atoms with Crippen molar-refractivity contribution in [3.05, 3.63) is 28.3 Å². The maximum absolute atomic E-state index is 12.5. The van der Waals surface area contributed by atoms with Crippen LogP contribution in [0.25, 0.3) is 0 Å². The molecule has 1 unspecified atom stereocenters. The molecule has 21 heavy (non-hydrogen) atoms. The Kier molecular flexibility index (Phi) is 5.23. The molecule has 0 aliphatic heterocycles. The third kappa shape index (κ3) is 3.68. The molecule has 0 aromatic heterocycles. The van der Waals surface area contributed by atoms with Crippen LogP contribution in [0.4, 0.5) is 11.4 Å². The van der Waals surface area contributed by atoms with E-state index in [0.29, 0.717) is 0 Å². The van der Waals surface area contributed by atoms with Crippen LogP contribution in [-0.2, 0) is 10.0 Å². The number of nitro groups is 1. The number of rotatable bonds is 6. The summed E-state index contributed by atoms with van der Waals surface area (Å²) in [6.07, 6.45) is 0. The minimum absolute atomic E-state index is 0.0335. The van der Waals surface area contributed by atoms with Gasteiger partial charge in [0.1, 0.15) is 4.90 Å². The normalized spacial score (nSPS) is 12.9. The summed E-state index contributed by atoms with van der Waals surface area (Å²) in [5.74, 6) is -0.473. The van der Waals surface area contributed by atoms with Crippen molar-refractivity contribution in [1.29, 1.82) is 5.26 Å². The molecule has 1 aromatic rings. The van der Waals surface area contributed by atoms with Gasteiger partial charge in [-0.2, -0.15) is 9.57 Å². The predicted molar refractivity (Wildman–Crippen MR) is 76.7 cm³/mol. The number of benzene rings is 1. The van der Waals surface area contributed by atoms with Gasteiger partial charge < -0.3 is 5.73 Å². The van der Waals surface area contributed by atoms with Gasteiger partial charge in [-0.1, -0.05) is 6.92 Å². The van der Waals surface area contributed by atoms with Gasteiger partial charge in [-0.15, -0.1) is 0 Å². The van der Waals surface area contributed by atoms with E-state index in [1.54, 1.807) is 13.8 Å². The van der Waals surface area contributed by atoms with Crippen LogP contribution >= 0.6 is 0 Å². The largest absolute Gasteiger partial charge is 0.397 e. The minimum atomic E-state index is -3.89. The zero-order valence-electron chi connectivity index (χ0n) is 11.7. The smallest absolute Gasteiger partial charge is 0.271 e. The maximum Gasteiger partial charge on any atom is 0.271 e. The fourth-order valence-corrected chi connectivity index (χ4v) is 3.40. The summed E-state index contributed by atoms with van der Waals surface area (Å²) in [6.45, 7) is 3.46. The molecule has 8 nitrogen and oxygen atoms in total.